The predicted octanol–water partition coefficient (Wildman–Crippen LogP) is 2.50. The van der Waals surface area contributed by atoms with Crippen LogP contribution < -0.4 is 15.2 Å². The molecule has 0 aliphatic heterocycles. The van der Waals surface area contributed by atoms with Gasteiger partial charge in [-0.15, -0.1) is 0 Å². The quantitative estimate of drug-likeness (QED) is 0.860. The fourth-order valence-corrected chi connectivity index (χ4v) is 1.79. The average Bonchev–Trinajstić information content (AvgIpc) is 2.36. The summed E-state index contributed by atoms with van der Waals surface area (Å²) in [6, 6.07) is 5.34. The minimum atomic E-state index is -0.603. The molecule has 1 rings (SSSR count). The summed E-state index contributed by atoms with van der Waals surface area (Å²) in [5.74, 6) is 1.27. The van der Waals surface area contributed by atoms with Gasteiger partial charge in [-0.1, -0.05) is 26.8 Å². The van der Waals surface area contributed by atoms with E-state index in [1.807, 2.05) is 6.07 Å². The molecule has 1 aromatic carbocycles. The van der Waals surface area contributed by atoms with Gasteiger partial charge < -0.3 is 20.3 Å². The number of rotatable bonds is 5. The van der Waals surface area contributed by atoms with Gasteiger partial charge in [-0.3, -0.25) is 0 Å². The van der Waals surface area contributed by atoms with Gasteiger partial charge in [-0.25, -0.2) is 0 Å². The monoisotopic (exact) mass is 267 g/mol. The van der Waals surface area contributed by atoms with Gasteiger partial charge in [0.2, 0.25) is 0 Å². The first-order valence-electron chi connectivity index (χ1n) is 6.45. The summed E-state index contributed by atoms with van der Waals surface area (Å²) in [7, 11) is 3.17. The summed E-state index contributed by atoms with van der Waals surface area (Å²) < 4.78 is 10.4. The number of aliphatic hydroxyl groups is 1. The van der Waals surface area contributed by atoms with E-state index in [0.29, 0.717) is 17.9 Å². The Labute approximate surface area is 115 Å². The molecule has 108 valence electrons. The molecule has 19 heavy (non-hydrogen) atoms. The van der Waals surface area contributed by atoms with Gasteiger partial charge in [0.25, 0.3) is 0 Å². The van der Waals surface area contributed by atoms with E-state index in [-0.39, 0.29) is 11.5 Å². The van der Waals surface area contributed by atoms with Crippen molar-refractivity contribution in [3.63, 3.8) is 0 Å². The van der Waals surface area contributed by atoms with Gasteiger partial charge in [0.05, 0.1) is 20.3 Å². The molecule has 0 fully saturated rings. The molecule has 3 N–H and O–H groups in total. The highest BCUT2D eigenvalue weighted by molar-refractivity contribution is 5.43. The van der Waals surface area contributed by atoms with Crippen LogP contribution in [0.4, 0.5) is 0 Å². The summed E-state index contributed by atoms with van der Waals surface area (Å²) in [5.41, 5.74) is 6.86. The number of aliphatic hydroxyl groups excluding tert-OH is 1. The van der Waals surface area contributed by atoms with Crippen molar-refractivity contribution in [3.8, 4) is 11.5 Å². The first kappa shape index (κ1) is 15.8. The van der Waals surface area contributed by atoms with Crippen LogP contribution in [0.3, 0.4) is 0 Å². The van der Waals surface area contributed by atoms with Crippen molar-refractivity contribution in [2.75, 3.05) is 14.2 Å². The van der Waals surface area contributed by atoms with Crippen LogP contribution in [0.25, 0.3) is 0 Å². The zero-order valence-corrected chi connectivity index (χ0v) is 12.4. The van der Waals surface area contributed by atoms with Crippen LogP contribution in [0, 0.1) is 5.41 Å². The van der Waals surface area contributed by atoms with Crippen molar-refractivity contribution >= 4 is 0 Å². The Bertz CT molecular complexity index is 412. The Morgan fingerprint density at radius 3 is 2.21 bits per heavy atom. The highest BCUT2D eigenvalue weighted by Crippen LogP contribution is 2.32. The van der Waals surface area contributed by atoms with Crippen molar-refractivity contribution < 1.29 is 14.6 Å². The van der Waals surface area contributed by atoms with Crippen LogP contribution in [0.15, 0.2) is 18.2 Å². The largest absolute Gasteiger partial charge is 0.493 e. The maximum absolute atomic E-state index is 10.3. The third kappa shape index (κ3) is 4.11. The molecule has 0 aromatic heterocycles. The van der Waals surface area contributed by atoms with Crippen molar-refractivity contribution in [1.82, 2.24) is 0 Å². The molecule has 0 aliphatic carbocycles. The molecule has 4 heteroatoms. The summed E-state index contributed by atoms with van der Waals surface area (Å²) >= 11 is 0. The second kappa shape index (κ2) is 6.26. The number of benzene rings is 1. The van der Waals surface area contributed by atoms with E-state index in [1.165, 1.54) is 0 Å². The van der Waals surface area contributed by atoms with Crippen LogP contribution in [-0.2, 0) is 0 Å². The van der Waals surface area contributed by atoms with E-state index in [4.69, 9.17) is 15.2 Å². The Balaban J connectivity index is 2.85. The lowest BCUT2D eigenvalue weighted by Crippen LogP contribution is -2.36. The molecule has 2 atom stereocenters. The first-order valence-corrected chi connectivity index (χ1v) is 6.45. The van der Waals surface area contributed by atoms with E-state index in [2.05, 4.69) is 20.8 Å². The van der Waals surface area contributed by atoms with Crippen molar-refractivity contribution in [1.29, 1.82) is 0 Å². The molecule has 0 radical (unpaired) electrons. The Morgan fingerprint density at radius 1 is 1.16 bits per heavy atom. The molecule has 4 nitrogen and oxygen atoms in total. The second-order valence-corrected chi connectivity index (χ2v) is 5.84. The molecule has 1 aromatic rings. The summed E-state index contributed by atoms with van der Waals surface area (Å²) in [4.78, 5) is 0. The molecule has 0 saturated heterocycles. The third-order valence-electron chi connectivity index (χ3n) is 3.38. The molecule has 0 aliphatic rings. The second-order valence-electron chi connectivity index (χ2n) is 5.84. The van der Waals surface area contributed by atoms with Gasteiger partial charge in [-0.05, 0) is 29.5 Å². The molecular formula is C15H25NO3. The standard InChI is InChI=1S/C15H25NO3/c1-15(2,3)14(16)9-11(17)10-6-7-12(18-4)13(8-10)19-5/h6-8,11,14,17H,9,16H2,1-5H3/t11-,14+/m0/s1. The Hall–Kier alpha value is -1.26. The van der Waals surface area contributed by atoms with Crippen LogP contribution in [0.5, 0.6) is 11.5 Å². The van der Waals surface area contributed by atoms with Crippen LogP contribution in [-0.4, -0.2) is 25.4 Å². The van der Waals surface area contributed by atoms with Gasteiger partial charge in [-0.2, -0.15) is 0 Å². The maximum atomic E-state index is 10.3. The Morgan fingerprint density at radius 2 is 1.74 bits per heavy atom. The zero-order valence-electron chi connectivity index (χ0n) is 12.4. The van der Waals surface area contributed by atoms with E-state index in [9.17, 15) is 5.11 Å². The lowest BCUT2D eigenvalue weighted by molar-refractivity contribution is 0.133. The summed E-state index contributed by atoms with van der Waals surface area (Å²) in [5, 5.41) is 10.3. The fraction of sp³-hybridized carbons (Fsp3) is 0.600. The van der Waals surface area contributed by atoms with E-state index >= 15 is 0 Å². The fourth-order valence-electron chi connectivity index (χ4n) is 1.79. The number of hydrogen-bond acceptors (Lipinski definition) is 4. The van der Waals surface area contributed by atoms with Gasteiger partial charge in [0, 0.05) is 6.04 Å². The molecular weight excluding hydrogens is 242 g/mol. The predicted molar refractivity (Wildman–Crippen MR) is 76.6 cm³/mol. The molecule has 0 unspecified atom stereocenters. The Kier molecular flexibility index (Phi) is 5.20. The van der Waals surface area contributed by atoms with Gasteiger partial charge >= 0.3 is 0 Å². The zero-order chi connectivity index (χ0) is 14.6. The minimum absolute atomic E-state index is 0.0302. The number of methoxy groups -OCH3 is 2. The number of hydrogen-bond donors (Lipinski definition) is 2. The SMILES string of the molecule is COc1ccc([C@@H](O)C[C@@H](N)C(C)(C)C)cc1OC. The number of nitrogens with two attached hydrogens (primary N) is 1. The molecule has 0 saturated carbocycles. The normalized spacial score (nSPS) is 14.9. The van der Waals surface area contributed by atoms with Gasteiger partial charge in [0.1, 0.15) is 0 Å². The van der Waals surface area contributed by atoms with Crippen molar-refractivity contribution in [3.05, 3.63) is 23.8 Å². The smallest absolute Gasteiger partial charge is 0.161 e. The third-order valence-corrected chi connectivity index (χ3v) is 3.38. The van der Waals surface area contributed by atoms with Crippen molar-refractivity contribution in [2.24, 2.45) is 11.1 Å². The van der Waals surface area contributed by atoms with E-state index in [0.717, 1.165) is 5.56 Å². The summed E-state index contributed by atoms with van der Waals surface area (Å²) in [6.45, 7) is 6.21. The van der Waals surface area contributed by atoms with Crippen LogP contribution in [0.1, 0.15) is 38.9 Å². The molecule has 0 bridgehead atoms. The molecule has 0 amide bonds. The topological polar surface area (TPSA) is 64.7 Å². The molecule has 0 spiro atoms. The highest BCUT2D eigenvalue weighted by atomic mass is 16.5. The van der Waals surface area contributed by atoms with Crippen LogP contribution >= 0.6 is 0 Å². The summed E-state index contributed by atoms with van der Waals surface area (Å²) in [6.07, 6.45) is -0.0899. The van der Waals surface area contributed by atoms with Crippen LogP contribution in [0.2, 0.25) is 0 Å². The number of ether oxygens (including phenoxy) is 2. The van der Waals surface area contributed by atoms with Crippen molar-refractivity contribution in [2.45, 2.75) is 39.3 Å². The van der Waals surface area contributed by atoms with E-state index in [1.54, 1.807) is 26.4 Å². The van der Waals surface area contributed by atoms with E-state index < -0.39 is 6.10 Å². The average molecular weight is 267 g/mol. The molecule has 0 heterocycles. The lowest BCUT2D eigenvalue weighted by atomic mass is 9.83. The van der Waals surface area contributed by atoms with Gasteiger partial charge in [0.15, 0.2) is 11.5 Å². The first-order chi connectivity index (χ1) is 8.79. The lowest BCUT2D eigenvalue weighted by Gasteiger charge is -2.29. The minimum Gasteiger partial charge on any atom is -0.493 e. The highest BCUT2D eigenvalue weighted by Gasteiger charge is 2.24. The maximum Gasteiger partial charge on any atom is 0.161 e.